The number of fused-ring (bicyclic) bond motifs is 1. The molecule has 4 rings (SSSR count). The Balaban J connectivity index is 0.000000134. The molecule has 2 aliphatic rings. The quantitative estimate of drug-likeness (QED) is 0.714. The average molecular weight is 322 g/mol. The van der Waals surface area contributed by atoms with Crippen molar-refractivity contribution in [1.29, 1.82) is 0 Å². The molecule has 2 heterocycles. The van der Waals surface area contributed by atoms with Crippen molar-refractivity contribution in [3.8, 4) is 0 Å². The van der Waals surface area contributed by atoms with Crippen LogP contribution in [0.5, 0.6) is 0 Å². The van der Waals surface area contributed by atoms with Gasteiger partial charge in [0.05, 0.1) is 0 Å². The van der Waals surface area contributed by atoms with Gasteiger partial charge in [-0.2, -0.15) is 0 Å². The van der Waals surface area contributed by atoms with Crippen molar-refractivity contribution in [2.24, 2.45) is 0 Å². The molecule has 0 radical (unpaired) electrons. The van der Waals surface area contributed by atoms with Crippen LogP contribution in [0.4, 0.5) is 0 Å². The van der Waals surface area contributed by atoms with Gasteiger partial charge in [0.2, 0.25) is 0 Å². The highest BCUT2D eigenvalue weighted by atomic mass is 16.2. The first-order valence-corrected chi connectivity index (χ1v) is 7.04. The molecule has 0 spiro atoms. The summed E-state index contributed by atoms with van der Waals surface area (Å²) in [6.45, 7) is 0. The Morgan fingerprint density at radius 2 is 0.708 bits per heavy atom. The lowest BCUT2D eigenvalue weighted by Crippen LogP contribution is -2.19. The first-order chi connectivity index (χ1) is 11.5. The summed E-state index contributed by atoms with van der Waals surface area (Å²) in [6.07, 6.45) is 4.79. The van der Waals surface area contributed by atoms with Gasteiger partial charge in [-0.05, 0) is 10.8 Å². The van der Waals surface area contributed by atoms with Crippen LogP contribution in [0.15, 0.2) is 72.8 Å². The van der Waals surface area contributed by atoms with Crippen LogP contribution in [0.25, 0.3) is 10.8 Å². The van der Waals surface area contributed by atoms with Gasteiger partial charge in [0.25, 0.3) is 23.6 Å². The molecule has 0 aliphatic carbocycles. The number of benzene rings is 2. The largest absolute Gasteiger partial charge is 0.289 e. The summed E-state index contributed by atoms with van der Waals surface area (Å²) in [4.78, 5) is 40.1. The van der Waals surface area contributed by atoms with Crippen LogP contribution in [0.1, 0.15) is 0 Å². The molecule has 0 saturated carbocycles. The smallest absolute Gasteiger partial charge is 0.250 e. The normalized spacial score (nSPS) is 14.5. The number of rotatable bonds is 0. The molecular formula is C18H14N2O4. The summed E-state index contributed by atoms with van der Waals surface area (Å²) in [6, 6.07) is 16.7. The van der Waals surface area contributed by atoms with Crippen molar-refractivity contribution in [2.45, 2.75) is 0 Å². The highest BCUT2D eigenvalue weighted by molar-refractivity contribution is 6.13. The van der Waals surface area contributed by atoms with E-state index in [1.54, 1.807) is 0 Å². The van der Waals surface area contributed by atoms with Crippen LogP contribution >= 0.6 is 0 Å². The molecule has 0 fully saturated rings. The van der Waals surface area contributed by atoms with E-state index >= 15 is 0 Å². The van der Waals surface area contributed by atoms with Gasteiger partial charge in [0, 0.05) is 24.3 Å². The van der Waals surface area contributed by atoms with Crippen LogP contribution in [-0.2, 0) is 19.2 Å². The van der Waals surface area contributed by atoms with Gasteiger partial charge in [-0.3, -0.25) is 29.8 Å². The maximum atomic E-state index is 10.0. The third-order valence-corrected chi connectivity index (χ3v) is 2.92. The molecule has 0 saturated heterocycles. The topological polar surface area (TPSA) is 92.3 Å². The van der Waals surface area contributed by atoms with Crippen molar-refractivity contribution < 1.29 is 19.2 Å². The number of carbonyl (C=O) groups is 4. The molecule has 2 aliphatic heterocycles. The van der Waals surface area contributed by atoms with Gasteiger partial charge in [-0.15, -0.1) is 0 Å². The molecular weight excluding hydrogens is 308 g/mol. The first kappa shape index (κ1) is 16.8. The van der Waals surface area contributed by atoms with Crippen LogP contribution in [0.2, 0.25) is 0 Å². The summed E-state index contributed by atoms with van der Waals surface area (Å²) in [5.41, 5.74) is 0. The Morgan fingerprint density at radius 1 is 0.458 bits per heavy atom. The van der Waals surface area contributed by atoms with Crippen LogP contribution < -0.4 is 10.6 Å². The first-order valence-electron chi connectivity index (χ1n) is 7.04. The second-order valence-corrected chi connectivity index (χ2v) is 4.72. The minimum Gasteiger partial charge on any atom is -0.289 e. The number of nitrogens with one attached hydrogen (secondary N) is 2. The van der Waals surface area contributed by atoms with E-state index in [9.17, 15) is 19.2 Å². The lowest BCUT2D eigenvalue weighted by Gasteiger charge is -1.92. The SMILES string of the molecule is O=C1C=CC(=O)N1.O=C1C=CC(=O)N1.c1ccc2ccccc2c1. The summed E-state index contributed by atoms with van der Waals surface area (Å²) in [7, 11) is 0. The zero-order valence-corrected chi connectivity index (χ0v) is 12.6. The Bertz CT molecular complexity index is 719. The Morgan fingerprint density at radius 3 is 0.875 bits per heavy atom. The van der Waals surface area contributed by atoms with Crippen molar-refractivity contribution >= 4 is 34.4 Å². The van der Waals surface area contributed by atoms with E-state index < -0.39 is 0 Å². The Kier molecular flexibility index (Phi) is 5.74. The maximum absolute atomic E-state index is 10.0. The standard InChI is InChI=1S/C10H8.2C4H3NO2/c1-2-6-10-8-4-3-7-9(10)5-1;2*6-3-1-2-4(7)5-3/h1-8H;2*1-2H,(H,5,6,7). The van der Waals surface area contributed by atoms with E-state index in [1.165, 1.54) is 35.1 Å². The van der Waals surface area contributed by atoms with E-state index in [2.05, 4.69) is 48.5 Å². The van der Waals surface area contributed by atoms with Crippen molar-refractivity contribution in [3.63, 3.8) is 0 Å². The number of hydrogen-bond acceptors (Lipinski definition) is 4. The summed E-state index contributed by atoms with van der Waals surface area (Å²) in [5, 5.41) is 6.68. The van der Waals surface area contributed by atoms with Gasteiger partial charge >= 0.3 is 0 Å². The molecule has 0 atom stereocenters. The lowest BCUT2D eigenvalue weighted by molar-refractivity contribution is -0.125. The molecule has 2 aromatic carbocycles. The third kappa shape index (κ3) is 5.34. The van der Waals surface area contributed by atoms with E-state index in [1.807, 2.05) is 10.6 Å². The lowest BCUT2D eigenvalue weighted by atomic mass is 10.1. The molecule has 4 amide bonds. The van der Waals surface area contributed by atoms with Crippen LogP contribution in [0, 0.1) is 0 Å². The summed E-state index contributed by atoms with van der Waals surface area (Å²) >= 11 is 0. The van der Waals surface area contributed by atoms with Crippen LogP contribution in [0.3, 0.4) is 0 Å². The zero-order chi connectivity index (χ0) is 17.4. The average Bonchev–Trinajstić information content (AvgIpc) is 3.15. The predicted octanol–water partition coefficient (Wildman–Crippen LogP) is 1.24. The zero-order valence-electron chi connectivity index (χ0n) is 12.6. The van der Waals surface area contributed by atoms with E-state index in [0.29, 0.717) is 0 Å². The molecule has 2 aromatic rings. The van der Waals surface area contributed by atoms with Crippen molar-refractivity contribution in [3.05, 3.63) is 72.8 Å². The third-order valence-electron chi connectivity index (χ3n) is 2.92. The van der Waals surface area contributed by atoms with Gasteiger partial charge in [0.1, 0.15) is 0 Å². The summed E-state index contributed by atoms with van der Waals surface area (Å²) < 4.78 is 0. The monoisotopic (exact) mass is 322 g/mol. The Labute approximate surface area is 137 Å². The predicted molar refractivity (Wildman–Crippen MR) is 88.5 cm³/mol. The fraction of sp³-hybridized carbons (Fsp3) is 0. The molecule has 120 valence electrons. The maximum Gasteiger partial charge on any atom is 0.250 e. The van der Waals surface area contributed by atoms with E-state index in [4.69, 9.17) is 0 Å². The van der Waals surface area contributed by atoms with Gasteiger partial charge in [-0.25, -0.2) is 0 Å². The highest BCUT2D eigenvalue weighted by Gasteiger charge is 2.07. The molecule has 6 heteroatoms. The second-order valence-electron chi connectivity index (χ2n) is 4.72. The molecule has 0 aromatic heterocycles. The van der Waals surface area contributed by atoms with Crippen LogP contribution in [-0.4, -0.2) is 23.6 Å². The van der Waals surface area contributed by atoms with Crippen molar-refractivity contribution in [2.75, 3.05) is 0 Å². The number of imide groups is 2. The fourth-order valence-electron chi connectivity index (χ4n) is 1.85. The van der Waals surface area contributed by atoms with Gasteiger partial charge in [-0.1, -0.05) is 48.5 Å². The number of hydrogen-bond donors (Lipinski definition) is 2. The molecule has 2 N–H and O–H groups in total. The number of carbonyl (C=O) groups excluding carboxylic acids is 4. The van der Waals surface area contributed by atoms with E-state index in [0.717, 1.165) is 0 Å². The summed E-state index contributed by atoms with van der Waals surface area (Å²) in [5.74, 6) is -1.31. The highest BCUT2D eigenvalue weighted by Crippen LogP contribution is 2.11. The van der Waals surface area contributed by atoms with Crippen molar-refractivity contribution in [1.82, 2.24) is 10.6 Å². The molecule has 0 bridgehead atoms. The molecule has 24 heavy (non-hydrogen) atoms. The second kappa shape index (κ2) is 8.19. The van der Waals surface area contributed by atoms with E-state index in [-0.39, 0.29) is 23.6 Å². The minimum absolute atomic E-state index is 0.329. The minimum atomic E-state index is -0.329. The fourth-order valence-corrected chi connectivity index (χ4v) is 1.85. The van der Waals surface area contributed by atoms with Gasteiger partial charge in [0.15, 0.2) is 0 Å². The van der Waals surface area contributed by atoms with Gasteiger partial charge < -0.3 is 0 Å². The molecule has 0 unspecified atom stereocenters. The molecule has 6 nitrogen and oxygen atoms in total. The number of amides is 4. The Hall–Kier alpha value is -3.54.